The van der Waals surface area contributed by atoms with Crippen molar-refractivity contribution in [2.24, 2.45) is 5.41 Å². The molecule has 14 heavy (non-hydrogen) atoms. The predicted octanol–water partition coefficient (Wildman–Crippen LogP) is 1.34. The van der Waals surface area contributed by atoms with Crippen molar-refractivity contribution in [3.8, 4) is 0 Å². The minimum Gasteiger partial charge on any atom is -0.390 e. The normalized spacial score (nSPS) is 37.9. The summed E-state index contributed by atoms with van der Waals surface area (Å²) in [5.74, 6) is 0. The third kappa shape index (κ3) is 1.95. The molecule has 0 amide bonds. The maximum atomic E-state index is 10.1. The standard InChI is InChI=1S/C11H20O3/c1-11(2)5-3-4-9(10(11)12)14-8-6-13-7-8/h8-10,12H,3-7H2,1-2H3. The summed E-state index contributed by atoms with van der Waals surface area (Å²) in [6.45, 7) is 5.63. The molecule has 82 valence electrons. The Labute approximate surface area is 85.4 Å². The van der Waals surface area contributed by atoms with Gasteiger partial charge in [-0.2, -0.15) is 0 Å². The van der Waals surface area contributed by atoms with Crippen LogP contribution in [0.1, 0.15) is 33.1 Å². The lowest BCUT2D eigenvalue weighted by Crippen LogP contribution is -2.49. The molecule has 1 saturated carbocycles. The van der Waals surface area contributed by atoms with E-state index < -0.39 is 0 Å². The molecule has 2 atom stereocenters. The second-order valence-corrected chi connectivity index (χ2v) is 5.16. The van der Waals surface area contributed by atoms with Gasteiger partial charge in [0.1, 0.15) is 6.10 Å². The van der Waals surface area contributed by atoms with E-state index in [2.05, 4.69) is 13.8 Å². The van der Waals surface area contributed by atoms with Crippen LogP contribution in [0.4, 0.5) is 0 Å². The van der Waals surface area contributed by atoms with Crippen LogP contribution in [0.5, 0.6) is 0 Å². The van der Waals surface area contributed by atoms with Crippen molar-refractivity contribution in [2.45, 2.75) is 51.4 Å². The van der Waals surface area contributed by atoms with Crippen LogP contribution in [-0.2, 0) is 9.47 Å². The Bertz CT molecular complexity index is 199. The Hall–Kier alpha value is -0.120. The van der Waals surface area contributed by atoms with Crippen LogP contribution in [0.3, 0.4) is 0 Å². The molecule has 1 saturated heterocycles. The SMILES string of the molecule is CC1(C)CCCC(OC2COC2)C1O. The monoisotopic (exact) mass is 200 g/mol. The van der Waals surface area contributed by atoms with Gasteiger partial charge in [-0.25, -0.2) is 0 Å². The van der Waals surface area contributed by atoms with Gasteiger partial charge >= 0.3 is 0 Å². The highest BCUT2D eigenvalue weighted by Crippen LogP contribution is 2.37. The van der Waals surface area contributed by atoms with Gasteiger partial charge in [-0.15, -0.1) is 0 Å². The van der Waals surface area contributed by atoms with Gasteiger partial charge in [0.2, 0.25) is 0 Å². The van der Waals surface area contributed by atoms with Gasteiger partial charge in [-0.05, 0) is 18.3 Å². The van der Waals surface area contributed by atoms with Gasteiger partial charge in [-0.3, -0.25) is 0 Å². The molecule has 2 fully saturated rings. The maximum absolute atomic E-state index is 10.1. The molecule has 0 spiro atoms. The lowest BCUT2D eigenvalue weighted by molar-refractivity contribution is -0.199. The molecule has 3 heteroatoms. The van der Waals surface area contributed by atoms with Crippen molar-refractivity contribution in [2.75, 3.05) is 13.2 Å². The summed E-state index contributed by atoms with van der Waals surface area (Å²) in [6, 6.07) is 0. The zero-order valence-electron chi connectivity index (χ0n) is 9.03. The Kier molecular flexibility index (Phi) is 2.82. The molecule has 1 aliphatic carbocycles. The molecular weight excluding hydrogens is 180 g/mol. The zero-order chi connectivity index (χ0) is 10.2. The van der Waals surface area contributed by atoms with E-state index in [1.54, 1.807) is 0 Å². The highest BCUT2D eigenvalue weighted by molar-refractivity contribution is 4.89. The van der Waals surface area contributed by atoms with E-state index in [1.165, 1.54) is 0 Å². The number of hydrogen-bond acceptors (Lipinski definition) is 3. The lowest BCUT2D eigenvalue weighted by Gasteiger charge is -2.42. The van der Waals surface area contributed by atoms with E-state index in [0.717, 1.165) is 19.3 Å². The van der Waals surface area contributed by atoms with E-state index in [0.29, 0.717) is 13.2 Å². The van der Waals surface area contributed by atoms with Crippen molar-refractivity contribution in [3.63, 3.8) is 0 Å². The average molecular weight is 200 g/mol. The van der Waals surface area contributed by atoms with Crippen LogP contribution in [0, 0.1) is 5.41 Å². The average Bonchev–Trinajstić information content (AvgIpc) is 2.04. The van der Waals surface area contributed by atoms with Crippen LogP contribution < -0.4 is 0 Å². The summed E-state index contributed by atoms with van der Waals surface area (Å²) >= 11 is 0. The van der Waals surface area contributed by atoms with E-state index >= 15 is 0 Å². The summed E-state index contributed by atoms with van der Waals surface area (Å²) in [4.78, 5) is 0. The minimum atomic E-state index is -0.322. The molecule has 0 radical (unpaired) electrons. The second-order valence-electron chi connectivity index (χ2n) is 5.16. The molecular formula is C11H20O3. The number of hydrogen-bond donors (Lipinski definition) is 1. The molecule has 1 aliphatic heterocycles. The van der Waals surface area contributed by atoms with Crippen molar-refractivity contribution < 1.29 is 14.6 Å². The van der Waals surface area contributed by atoms with Crippen molar-refractivity contribution >= 4 is 0 Å². The van der Waals surface area contributed by atoms with Crippen LogP contribution >= 0.6 is 0 Å². The van der Waals surface area contributed by atoms with E-state index in [9.17, 15) is 5.11 Å². The first-order chi connectivity index (χ1) is 6.59. The fraction of sp³-hybridized carbons (Fsp3) is 1.00. The Balaban J connectivity index is 1.90. The smallest absolute Gasteiger partial charge is 0.105 e. The Morgan fingerprint density at radius 2 is 2.07 bits per heavy atom. The molecule has 0 aromatic heterocycles. The molecule has 1 heterocycles. The van der Waals surface area contributed by atoms with Crippen LogP contribution in [0.15, 0.2) is 0 Å². The fourth-order valence-electron chi connectivity index (χ4n) is 2.25. The number of aliphatic hydroxyl groups is 1. The van der Waals surface area contributed by atoms with E-state index in [4.69, 9.17) is 9.47 Å². The van der Waals surface area contributed by atoms with E-state index in [1.807, 2.05) is 0 Å². The molecule has 0 aromatic rings. The minimum absolute atomic E-state index is 0.00746. The third-order valence-electron chi connectivity index (χ3n) is 3.44. The molecule has 0 aromatic carbocycles. The molecule has 2 unspecified atom stereocenters. The highest BCUT2D eigenvalue weighted by atomic mass is 16.6. The quantitative estimate of drug-likeness (QED) is 0.731. The van der Waals surface area contributed by atoms with Gasteiger partial charge in [0, 0.05) is 0 Å². The summed E-state index contributed by atoms with van der Waals surface area (Å²) in [7, 11) is 0. The van der Waals surface area contributed by atoms with Crippen molar-refractivity contribution in [1.82, 2.24) is 0 Å². The maximum Gasteiger partial charge on any atom is 0.105 e. The molecule has 2 aliphatic rings. The first-order valence-electron chi connectivity index (χ1n) is 5.51. The molecule has 3 nitrogen and oxygen atoms in total. The molecule has 1 N–H and O–H groups in total. The predicted molar refractivity (Wildman–Crippen MR) is 53.1 cm³/mol. The van der Waals surface area contributed by atoms with Gasteiger partial charge in [0.05, 0.1) is 25.4 Å². The summed E-state index contributed by atoms with van der Waals surface area (Å²) in [5, 5.41) is 10.1. The van der Waals surface area contributed by atoms with Crippen molar-refractivity contribution in [1.29, 1.82) is 0 Å². The fourth-order valence-corrected chi connectivity index (χ4v) is 2.25. The summed E-state index contributed by atoms with van der Waals surface area (Å²) in [6.07, 6.45) is 3.16. The highest BCUT2D eigenvalue weighted by Gasteiger charge is 2.40. The van der Waals surface area contributed by atoms with Gasteiger partial charge in [0.25, 0.3) is 0 Å². The largest absolute Gasteiger partial charge is 0.390 e. The van der Waals surface area contributed by atoms with Crippen LogP contribution in [0.25, 0.3) is 0 Å². The Morgan fingerprint density at radius 3 is 2.64 bits per heavy atom. The third-order valence-corrected chi connectivity index (χ3v) is 3.44. The van der Waals surface area contributed by atoms with Gasteiger partial charge < -0.3 is 14.6 Å². The number of rotatable bonds is 2. The summed E-state index contributed by atoms with van der Waals surface area (Å²) in [5.41, 5.74) is 0.00746. The number of aliphatic hydroxyl groups excluding tert-OH is 1. The zero-order valence-corrected chi connectivity index (χ0v) is 9.03. The van der Waals surface area contributed by atoms with Gasteiger partial charge in [-0.1, -0.05) is 20.3 Å². The first-order valence-corrected chi connectivity index (χ1v) is 5.51. The number of ether oxygens (including phenoxy) is 2. The Morgan fingerprint density at radius 1 is 1.36 bits per heavy atom. The molecule has 2 rings (SSSR count). The topological polar surface area (TPSA) is 38.7 Å². The van der Waals surface area contributed by atoms with Crippen LogP contribution in [0.2, 0.25) is 0 Å². The van der Waals surface area contributed by atoms with Crippen LogP contribution in [-0.4, -0.2) is 36.6 Å². The lowest BCUT2D eigenvalue weighted by atomic mass is 9.73. The van der Waals surface area contributed by atoms with Gasteiger partial charge in [0.15, 0.2) is 0 Å². The second kappa shape index (κ2) is 3.80. The molecule has 0 bridgehead atoms. The van der Waals surface area contributed by atoms with E-state index in [-0.39, 0.29) is 23.7 Å². The summed E-state index contributed by atoms with van der Waals surface area (Å²) < 4.78 is 10.9. The first kappa shape index (κ1) is 10.4. The van der Waals surface area contributed by atoms with Crippen molar-refractivity contribution in [3.05, 3.63) is 0 Å².